The molecule has 4 nitrogen and oxygen atoms in total. The van der Waals surface area contributed by atoms with Gasteiger partial charge in [-0.1, -0.05) is 18.2 Å². The van der Waals surface area contributed by atoms with Crippen molar-refractivity contribution in [3.8, 4) is 6.07 Å². The number of nitriles is 1. The zero-order valence-corrected chi connectivity index (χ0v) is 9.80. The van der Waals surface area contributed by atoms with Crippen molar-refractivity contribution >= 4 is 11.5 Å². The Morgan fingerprint density at radius 1 is 1.22 bits per heavy atom. The number of nitrogen functional groups attached to an aromatic ring is 1. The third kappa shape index (κ3) is 1.57. The van der Waals surface area contributed by atoms with Crippen LogP contribution in [0.1, 0.15) is 16.7 Å². The fourth-order valence-corrected chi connectivity index (χ4v) is 2.32. The number of hydrogen-bond donors (Lipinski definition) is 1. The molecule has 2 heterocycles. The van der Waals surface area contributed by atoms with Crippen molar-refractivity contribution in [2.45, 2.75) is 13.1 Å². The molecule has 0 fully saturated rings. The van der Waals surface area contributed by atoms with Crippen LogP contribution < -0.4 is 10.6 Å². The van der Waals surface area contributed by atoms with Gasteiger partial charge in [-0.25, -0.2) is 4.98 Å². The fourth-order valence-electron chi connectivity index (χ4n) is 2.32. The second-order valence-corrected chi connectivity index (χ2v) is 4.33. The monoisotopic (exact) mass is 236 g/mol. The quantitative estimate of drug-likeness (QED) is 0.823. The van der Waals surface area contributed by atoms with Crippen molar-refractivity contribution in [1.82, 2.24) is 4.98 Å². The highest BCUT2D eigenvalue weighted by atomic mass is 15.1. The van der Waals surface area contributed by atoms with E-state index in [0.29, 0.717) is 11.4 Å². The highest BCUT2D eigenvalue weighted by molar-refractivity contribution is 5.60. The van der Waals surface area contributed by atoms with Gasteiger partial charge in [0.2, 0.25) is 0 Å². The van der Waals surface area contributed by atoms with Crippen LogP contribution in [-0.4, -0.2) is 4.98 Å². The Bertz CT molecular complexity index is 628. The summed E-state index contributed by atoms with van der Waals surface area (Å²) in [5.41, 5.74) is 9.50. The molecule has 0 spiro atoms. The van der Waals surface area contributed by atoms with Gasteiger partial charge in [0.25, 0.3) is 0 Å². The van der Waals surface area contributed by atoms with Crippen LogP contribution in [0.2, 0.25) is 0 Å². The van der Waals surface area contributed by atoms with Gasteiger partial charge in [0.05, 0.1) is 5.56 Å². The van der Waals surface area contributed by atoms with Gasteiger partial charge >= 0.3 is 0 Å². The van der Waals surface area contributed by atoms with Crippen LogP contribution in [0.25, 0.3) is 0 Å². The van der Waals surface area contributed by atoms with E-state index >= 15 is 0 Å². The Labute approximate surface area is 105 Å². The van der Waals surface area contributed by atoms with Crippen molar-refractivity contribution < 1.29 is 0 Å². The second-order valence-electron chi connectivity index (χ2n) is 4.33. The SMILES string of the molecule is N#Cc1c(N)ncc2c1CN(c1ccccc1)C2. The van der Waals surface area contributed by atoms with Gasteiger partial charge in [0.15, 0.2) is 0 Å². The van der Waals surface area contributed by atoms with Crippen LogP contribution >= 0.6 is 0 Å². The molecule has 4 heteroatoms. The van der Waals surface area contributed by atoms with Gasteiger partial charge in [0.1, 0.15) is 11.9 Å². The Morgan fingerprint density at radius 2 is 2.00 bits per heavy atom. The van der Waals surface area contributed by atoms with Crippen LogP contribution in [-0.2, 0) is 13.1 Å². The van der Waals surface area contributed by atoms with Crippen LogP contribution in [0.5, 0.6) is 0 Å². The van der Waals surface area contributed by atoms with Crippen LogP contribution in [0, 0.1) is 11.3 Å². The number of nitrogens with zero attached hydrogens (tertiary/aromatic N) is 3. The minimum absolute atomic E-state index is 0.325. The van der Waals surface area contributed by atoms with Crippen LogP contribution in [0.3, 0.4) is 0 Å². The predicted molar refractivity (Wildman–Crippen MR) is 69.7 cm³/mol. The van der Waals surface area contributed by atoms with E-state index < -0.39 is 0 Å². The number of nitrogens with two attached hydrogens (primary N) is 1. The van der Waals surface area contributed by atoms with Gasteiger partial charge in [0, 0.05) is 25.0 Å². The molecular weight excluding hydrogens is 224 g/mol. The number of hydrogen-bond acceptors (Lipinski definition) is 4. The number of rotatable bonds is 1. The fraction of sp³-hybridized carbons (Fsp3) is 0.143. The molecule has 3 rings (SSSR count). The van der Waals surface area contributed by atoms with Crippen molar-refractivity contribution in [3.63, 3.8) is 0 Å². The number of para-hydroxylation sites is 1. The maximum Gasteiger partial charge on any atom is 0.141 e. The molecule has 0 radical (unpaired) electrons. The molecule has 2 aromatic rings. The molecule has 0 amide bonds. The first-order valence-corrected chi connectivity index (χ1v) is 5.76. The Kier molecular flexibility index (Phi) is 2.38. The summed E-state index contributed by atoms with van der Waals surface area (Å²) in [5, 5.41) is 9.15. The molecule has 0 saturated heterocycles. The molecule has 88 valence electrons. The summed E-state index contributed by atoms with van der Waals surface area (Å²) in [7, 11) is 0. The lowest BCUT2D eigenvalue weighted by Gasteiger charge is -2.17. The standard InChI is InChI=1S/C14H12N4/c15-6-12-13-9-18(11-4-2-1-3-5-11)8-10(13)7-17-14(12)16/h1-5,7H,8-9H2,(H2,16,17). The van der Waals surface area contributed by atoms with E-state index in [-0.39, 0.29) is 0 Å². The van der Waals surface area contributed by atoms with Gasteiger partial charge in [-0.3, -0.25) is 0 Å². The molecule has 18 heavy (non-hydrogen) atoms. The maximum absolute atomic E-state index is 9.15. The molecule has 0 unspecified atom stereocenters. The summed E-state index contributed by atoms with van der Waals surface area (Å²) in [5.74, 6) is 0.325. The summed E-state index contributed by atoms with van der Waals surface area (Å²) in [4.78, 5) is 6.29. The molecular formula is C14H12N4. The van der Waals surface area contributed by atoms with Gasteiger partial charge < -0.3 is 10.6 Å². The lowest BCUT2D eigenvalue weighted by molar-refractivity contribution is 0.879. The van der Waals surface area contributed by atoms with Gasteiger partial charge in [-0.2, -0.15) is 5.26 Å². The third-order valence-electron chi connectivity index (χ3n) is 3.25. The van der Waals surface area contributed by atoms with Crippen molar-refractivity contribution in [2.75, 3.05) is 10.6 Å². The predicted octanol–water partition coefficient (Wildman–Crippen LogP) is 2.06. The summed E-state index contributed by atoms with van der Waals surface area (Å²) >= 11 is 0. The third-order valence-corrected chi connectivity index (χ3v) is 3.25. The topological polar surface area (TPSA) is 65.9 Å². The summed E-state index contributed by atoms with van der Waals surface area (Å²) in [6, 6.07) is 12.3. The van der Waals surface area contributed by atoms with Gasteiger partial charge in [-0.15, -0.1) is 0 Å². The normalized spacial score (nSPS) is 13.2. The Hall–Kier alpha value is -2.54. The molecule has 1 aliphatic heterocycles. The zero-order chi connectivity index (χ0) is 12.5. The van der Waals surface area contributed by atoms with E-state index in [2.05, 4.69) is 28.1 Å². The minimum Gasteiger partial charge on any atom is -0.383 e. The molecule has 1 aliphatic rings. The van der Waals surface area contributed by atoms with Crippen LogP contribution in [0.4, 0.5) is 11.5 Å². The van der Waals surface area contributed by atoms with E-state index in [0.717, 1.165) is 29.9 Å². The average molecular weight is 236 g/mol. The first-order chi connectivity index (χ1) is 8.79. The molecule has 0 bridgehead atoms. The number of benzene rings is 1. The number of pyridine rings is 1. The summed E-state index contributed by atoms with van der Waals surface area (Å²) in [6.45, 7) is 1.50. The Morgan fingerprint density at radius 3 is 2.72 bits per heavy atom. The molecule has 0 aliphatic carbocycles. The lowest BCUT2D eigenvalue weighted by Crippen LogP contribution is -2.14. The lowest BCUT2D eigenvalue weighted by atomic mass is 10.1. The van der Waals surface area contributed by atoms with Crippen LogP contribution in [0.15, 0.2) is 36.5 Å². The average Bonchev–Trinajstić information content (AvgIpc) is 2.84. The largest absolute Gasteiger partial charge is 0.383 e. The van der Waals surface area contributed by atoms with E-state index in [1.54, 1.807) is 6.20 Å². The van der Waals surface area contributed by atoms with E-state index in [9.17, 15) is 0 Å². The number of fused-ring (bicyclic) bond motifs is 1. The molecule has 0 saturated carbocycles. The molecule has 1 aromatic carbocycles. The van der Waals surface area contributed by atoms with E-state index in [4.69, 9.17) is 11.0 Å². The first kappa shape index (κ1) is 10.6. The van der Waals surface area contributed by atoms with E-state index in [1.807, 2.05) is 18.2 Å². The Balaban J connectivity index is 2.00. The summed E-state index contributed by atoms with van der Waals surface area (Å²) in [6.07, 6.45) is 1.77. The molecule has 2 N–H and O–H groups in total. The van der Waals surface area contributed by atoms with Crippen molar-refractivity contribution in [3.05, 3.63) is 53.2 Å². The highest BCUT2D eigenvalue weighted by Gasteiger charge is 2.23. The number of aromatic nitrogens is 1. The maximum atomic E-state index is 9.15. The van der Waals surface area contributed by atoms with E-state index in [1.165, 1.54) is 0 Å². The molecule has 1 aromatic heterocycles. The molecule has 0 atom stereocenters. The van der Waals surface area contributed by atoms with Crippen molar-refractivity contribution in [2.24, 2.45) is 0 Å². The second kappa shape index (κ2) is 4.04. The smallest absolute Gasteiger partial charge is 0.141 e. The van der Waals surface area contributed by atoms with Gasteiger partial charge in [-0.05, 0) is 23.3 Å². The highest BCUT2D eigenvalue weighted by Crippen LogP contribution is 2.31. The number of anilines is 2. The first-order valence-electron chi connectivity index (χ1n) is 5.76. The van der Waals surface area contributed by atoms with Crippen molar-refractivity contribution in [1.29, 1.82) is 5.26 Å². The zero-order valence-electron chi connectivity index (χ0n) is 9.80. The minimum atomic E-state index is 0.325. The summed E-state index contributed by atoms with van der Waals surface area (Å²) < 4.78 is 0.